The Hall–Kier alpha value is -1.02. The van der Waals surface area contributed by atoms with Crippen LogP contribution in [-0.2, 0) is 6.42 Å². The first-order valence-electron chi connectivity index (χ1n) is 7.80. The van der Waals surface area contributed by atoms with Crippen LogP contribution in [0.5, 0.6) is 0 Å². The number of anilines is 1. The molecule has 0 bridgehead atoms. The lowest BCUT2D eigenvalue weighted by Crippen LogP contribution is -2.25. The van der Waals surface area contributed by atoms with Crippen LogP contribution < -0.4 is 10.6 Å². The average molecular weight is 260 g/mol. The second-order valence-corrected chi connectivity index (χ2v) is 5.89. The van der Waals surface area contributed by atoms with Crippen molar-refractivity contribution in [3.8, 4) is 0 Å². The SMILES string of the molecule is CCC(N)Cc1ccc(N2CCCCCC2)c(C)c1. The average Bonchev–Trinajstić information content (AvgIpc) is 2.67. The Kier molecular flexibility index (Phi) is 5.26. The smallest absolute Gasteiger partial charge is 0.0396 e. The van der Waals surface area contributed by atoms with Crippen molar-refractivity contribution in [2.75, 3.05) is 18.0 Å². The molecule has 2 nitrogen and oxygen atoms in total. The molecule has 1 aliphatic rings. The lowest BCUT2D eigenvalue weighted by Gasteiger charge is -2.25. The molecule has 1 aliphatic heterocycles. The van der Waals surface area contributed by atoms with E-state index in [2.05, 4.69) is 36.9 Å². The first-order valence-corrected chi connectivity index (χ1v) is 7.80. The number of hydrogen-bond acceptors (Lipinski definition) is 2. The Bertz CT molecular complexity index is 392. The van der Waals surface area contributed by atoms with Crippen LogP contribution in [-0.4, -0.2) is 19.1 Å². The molecule has 19 heavy (non-hydrogen) atoms. The lowest BCUT2D eigenvalue weighted by atomic mass is 10.0. The standard InChI is InChI=1S/C17H28N2/c1-3-16(18)13-15-8-9-17(14(2)12-15)19-10-6-4-5-7-11-19/h8-9,12,16H,3-7,10-11,13,18H2,1-2H3. The summed E-state index contributed by atoms with van der Waals surface area (Å²) in [4.78, 5) is 2.56. The van der Waals surface area contributed by atoms with E-state index in [1.165, 1.54) is 55.6 Å². The highest BCUT2D eigenvalue weighted by molar-refractivity contribution is 5.54. The summed E-state index contributed by atoms with van der Waals surface area (Å²) in [5, 5.41) is 0. The topological polar surface area (TPSA) is 29.3 Å². The van der Waals surface area contributed by atoms with Crippen LogP contribution >= 0.6 is 0 Å². The summed E-state index contributed by atoms with van der Waals surface area (Å²) in [6.07, 6.45) is 7.49. The second-order valence-electron chi connectivity index (χ2n) is 5.89. The Balaban J connectivity index is 2.09. The van der Waals surface area contributed by atoms with Gasteiger partial charge < -0.3 is 10.6 Å². The molecule has 0 aromatic heterocycles. The van der Waals surface area contributed by atoms with Crippen LogP contribution in [0.3, 0.4) is 0 Å². The predicted molar refractivity (Wildman–Crippen MR) is 83.8 cm³/mol. The van der Waals surface area contributed by atoms with E-state index in [0.29, 0.717) is 6.04 Å². The monoisotopic (exact) mass is 260 g/mol. The minimum Gasteiger partial charge on any atom is -0.371 e. The van der Waals surface area contributed by atoms with Gasteiger partial charge in [-0.2, -0.15) is 0 Å². The van der Waals surface area contributed by atoms with Crippen molar-refractivity contribution in [2.24, 2.45) is 5.73 Å². The molecule has 2 N–H and O–H groups in total. The molecular weight excluding hydrogens is 232 g/mol. The summed E-state index contributed by atoms with van der Waals surface area (Å²) < 4.78 is 0. The van der Waals surface area contributed by atoms with E-state index in [0.717, 1.165) is 12.8 Å². The third-order valence-electron chi connectivity index (χ3n) is 4.23. The van der Waals surface area contributed by atoms with E-state index < -0.39 is 0 Å². The zero-order valence-corrected chi connectivity index (χ0v) is 12.5. The van der Waals surface area contributed by atoms with Crippen LogP contribution in [0, 0.1) is 6.92 Å². The van der Waals surface area contributed by atoms with Gasteiger partial charge >= 0.3 is 0 Å². The van der Waals surface area contributed by atoms with Gasteiger partial charge in [-0.05, 0) is 49.8 Å². The Morgan fingerprint density at radius 2 is 1.84 bits per heavy atom. The van der Waals surface area contributed by atoms with Crippen molar-refractivity contribution in [3.63, 3.8) is 0 Å². The minimum atomic E-state index is 0.295. The van der Waals surface area contributed by atoms with E-state index >= 15 is 0 Å². The largest absolute Gasteiger partial charge is 0.371 e. The molecule has 0 amide bonds. The highest BCUT2D eigenvalue weighted by Gasteiger charge is 2.12. The zero-order chi connectivity index (χ0) is 13.7. The highest BCUT2D eigenvalue weighted by atomic mass is 15.1. The van der Waals surface area contributed by atoms with E-state index in [9.17, 15) is 0 Å². The van der Waals surface area contributed by atoms with Gasteiger partial charge in [0.05, 0.1) is 0 Å². The predicted octanol–water partition coefficient (Wildman–Crippen LogP) is 3.66. The van der Waals surface area contributed by atoms with Gasteiger partial charge in [0.25, 0.3) is 0 Å². The van der Waals surface area contributed by atoms with Crippen molar-refractivity contribution in [1.82, 2.24) is 0 Å². The summed E-state index contributed by atoms with van der Waals surface area (Å²) in [7, 11) is 0. The first kappa shape index (κ1) is 14.4. The van der Waals surface area contributed by atoms with Crippen molar-refractivity contribution in [1.29, 1.82) is 0 Å². The van der Waals surface area contributed by atoms with E-state index in [1.807, 2.05) is 0 Å². The summed E-state index contributed by atoms with van der Waals surface area (Å²) in [6, 6.07) is 7.19. The van der Waals surface area contributed by atoms with E-state index in [1.54, 1.807) is 0 Å². The molecule has 0 saturated carbocycles. The van der Waals surface area contributed by atoms with Crippen molar-refractivity contribution in [3.05, 3.63) is 29.3 Å². The van der Waals surface area contributed by atoms with Crippen LogP contribution in [0.1, 0.15) is 50.2 Å². The molecule has 0 radical (unpaired) electrons. The fourth-order valence-corrected chi connectivity index (χ4v) is 2.96. The van der Waals surface area contributed by atoms with Crippen LogP contribution in [0.15, 0.2) is 18.2 Å². The molecule has 1 aromatic carbocycles. The Morgan fingerprint density at radius 1 is 1.16 bits per heavy atom. The molecule has 1 saturated heterocycles. The zero-order valence-electron chi connectivity index (χ0n) is 12.5. The first-order chi connectivity index (χ1) is 9.20. The number of nitrogens with two attached hydrogens (primary N) is 1. The van der Waals surface area contributed by atoms with Gasteiger partial charge in [0, 0.05) is 24.8 Å². The van der Waals surface area contributed by atoms with Crippen LogP contribution in [0.4, 0.5) is 5.69 Å². The second kappa shape index (κ2) is 6.95. The maximum atomic E-state index is 6.05. The molecular formula is C17H28N2. The van der Waals surface area contributed by atoms with Gasteiger partial charge in [0.1, 0.15) is 0 Å². The molecule has 1 atom stereocenters. The quantitative estimate of drug-likeness (QED) is 0.895. The third kappa shape index (κ3) is 3.97. The highest BCUT2D eigenvalue weighted by Crippen LogP contribution is 2.24. The Morgan fingerprint density at radius 3 is 2.42 bits per heavy atom. The molecule has 1 unspecified atom stereocenters. The van der Waals surface area contributed by atoms with Gasteiger partial charge in [0.15, 0.2) is 0 Å². The summed E-state index contributed by atoms with van der Waals surface area (Å²) in [5.41, 5.74) is 10.3. The lowest BCUT2D eigenvalue weighted by molar-refractivity contribution is 0.646. The summed E-state index contributed by atoms with van der Waals surface area (Å²) in [6.45, 7) is 6.83. The third-order valence-corrected chi connectivity index (χ3v) is 4.23. The number of nitrogens with zero attached hydrogens (tertiary/aromatic N) is 1. The number of benzene rings is 1. The minimum absolute atomic E-state index is 0.295. The van der Waals surface area contributed by atoms with Crippen LogP contribution in [0.25, 0.3) is 0 Å². The summed E-state index contributed by atoms with van der Waals surface area (Å²) >= 11 is 0. The van der Waals surface area contributed by atoms with Gasteiger partial charge in [0.2, 0.25) is 0 Å². The van der Waals surface area contributed by atoms with Gasteiger partial charge in [-0.15, -0.1) is 0 Å². The molecule has 1 fully saturated rings. The molecule has 106 valence electrons. The summed E-state index contributed by atoms with van der Waals surface area (Å²) in [5.74, 6) is 0. The molecule has 0 spiro atoms. The van der Waals surface area contributed by atoms with Gasteiger partial charge in [-0.1, -0.05) is 31.9 Å². The van der Waals surface area contributed by atoms with Crippen molar-refractivity contribution >= 4 is 5.69 Å². The van der Waals surface area contributed by atoms with Crippen molar-refractivity contribution < 1.29 is 0 Å². The van der Waals surface area contributed by atoms with Crippen LogP contribution in [0.2, 0.25) is 0 Å². The van der Waals surface area contributed by atoms with E-state index in [-0.39, 0.29) is 0 Å². The normalized spacial score (nSPS) is 18.2. The Labute approximate surface area is 118 Å². The molecule has 1 heterocycles. The molecule has 2 rings (SSSR count). The number of hydrogen-bond donors (Lipinski definition) is 1. The van der Waals surface area contributed by atoms with Gasteiger partial charge in [-0.3, -0.25) is 0 Å². The maximum absolute atomic E-state index is 6.05. The fraction of sp³-hybridized carbons (Fsp3) is 0.647. The number of rotatable bonds is 4. The maximum Gasteiger partial charge on any atom is 0.0396 e. The molecule has 0 aliphatic carbocycles. The van der Waals surface area contributed by atoms with E-state index in [4.69, 9.17) is 5.73 Å². The molecule has 2 heteroatoms. The van der Waals surface area contributed by atoms with Gasteiger partial charge in [-0.25, -0.2) is 0 Å². The fourth-order valence-electron chi connectivity index (χ4n) is 2.96. The molecule has 1 aromatic rings. The number of aryl methyl sites for hydroxylation is 1. The van der Waals surface area contributed by atoms with Crippen molar-refractivity contribution in [2.45, 2.75) is 58.4 Å².